The Morgan fingerprint density at radius 2 is 1.93 bits per heavy atom. The molecular weight excluding hydrogens is 383 g/mol. The number of nitrogens with zero attached hydrogens (tertiary/aromatic N) is 1. The van der Waals surface area contributed by atoms with Crippen molar-refractivity contribution in [1.82, 2.24) is 10.2 Å². The SMILES string of the molecule is O=C(CN1C(=O)NC(=Cc2cccs2)C1=O)Nc1ccccc1C(F)(F)F. The molecule has 0 atom stereocenters. The molecule has 0 bridgehead atoms. The predicted molar refractivity (Wildman–Crippen MR) is 92.6 cm³/mol. The normalized spacial score (nSPS) is 16.0. The molecule has 2 N–H and O–H groups in total. The van der Waals surface area contributed by atoms with Gasteiger partial charge in [0.1, 0.15) is 12.2 Å². The van der Waals surface area contributed by atoms with Gasteiger partial charge in [0.25, 0.3) is 5.91 Å². The van der Waals surface area contributed by atoms with E-state index in [0.29, 0.717) is 4.90 Å². The quantitative estimate of drug-likeness (QED) is 0.616. The second-order valence-corrected chi connectivity index (χ2v) is 6.47. The molecule has 0 unspecified atom stereocenters. The van der Waals surface area contributed by atoms with E-state index < -0.39 is 41.8 Å². The first-order valence-electron chi connectivity index (χ1n) is 7.60. The van der Waals surface area contributed by atoms with Crippen LogP contribution in [-0.4, -0.2) is 29.3 Å². The number of alkyl halides is 3. The third-order valence-corrected chi connectivity index (χ3v) is 4.42. The number of hydrogen-bond acceptors (Lipinski definition) is 4. The highest BCUT2D eigenvalue weighted by Crippen LogP contribution is 2.34. The fourth-order valence-corrected chi connectivity index (χ4v) is 3.06. The van der Waals surface area contributed by atoms with E-state index in [2.05, 4.69) is 10.6 Å². The maximum Gasteiger partial charge on any atom is 0.418 e. The summed E-state index contributed by atoms with van der Waals surface area (Å²) in [6, 6.07) is 7.13. The van der Waals surface area contributed by atoms with Gasteiger partial charge in [0.2, 0.25) is 5.91 Å². The maximum atomic E-state index is 13.0. The van der Waals surface area contributed by atoms with Crippen LogP contribution in [0.15, 0.2) is 47.5 Å². The molecule has 4 amide bonds. The summed E-state index contributed by atoms with van der Waals surface area (Å²) >= 11 is 1.35. The van der Waals surface area contributed by atoms with Gasteiger partial charge in [-0.15, -0.1) is 11.3 Å². The van der Waals surface area contributed by atoms with E-state index in [1.165, 1.54) is 29.5 Å². The van der Waals surface area contributed by atoms with Gasteiger partial charge in [0.15, 0.2) is 0 Å². The average molecular weight is 395 g/mol. The van der Waals surface area contributed by atoms with Crippen LogP contribution in [0.25, 0.3) is 6.08 Å². The van der Waals surface area contributed by atoms with E-state index in [1.54, 1.807) is 17.5 Å². The smallest absolute Gasteiger partial charge is 0.324 e. The Labute approximate surface area is 155 Å². The Morgan fingerprint density at radius 3 is 2.59 bits per heavy atom. The summed E-state index contributed by atoms with van der Waals surface area (Å²) in [5.74, 6) is -1.65. The number of anilines is 1. The van der Waals surface area contributed by atoms with Crippen LogP contribution < -0.4 is 10.6 Å². The number of carbonyl (C=O) groups is 3. The molecular formula is C17H12F3N3O3S. The number of amides is 4. The number of hydrogen-bond donors (Lipinski definition) is 2. The zero-order valence-electron chi connectivity index (χ0n) is 13.5. The van der Waals surface area contributed by atoms with Crippen molar-refractivity contribution in [1.29, 1.82) is 0 Å². The molecule has 0 aliphatic carbocycles. The lowest BCUT2D eigenvalue weighted by Crippen LogP contribution is -2.38. The van der Waals surface area contributed by atoms with E-state index in [9.17, 15) is 27.6 Å². The van der Waals surface area contributed by atoms with Gasteiger partial charge in [0.05, 0.1) is 11.3 Å². The minimum atomic E-state index is -4.65. The number of rotatable bonds is 4. The van der Waals surface area contributed by atoms with Crippen molar-refractivity contribution in [2.24, 2.45) is 0 Å². The highest BCUT2D eigenvalue weighted by Gasteiger charge is 2.36. The number of benzene rings is 1. The van der Waals surface area contributed by atoms with Crippen molar-refractivity contribution in [3.05, 3.63) is 57.9 Å². The van der Waals surface area contributed by atoms with Crippen molar-refractivity contribution in [2.45, 2.75) is 6.18 Å². The lowest BCUT2D eigenvalue weighted by atomic mass is 10.1. The van der Waals surface area contributed by atoms with E-state index in [4.69, 9.17) is 0 Å². The first-order valence-corrected chi connectivity index (χ1v) is 8.48. The zero-order chi connectivity index (χ0) is 19.6. The van der Waals surface area contributed by atoms with Crippen molar-refractivity contribution >= 4 is 40.9 Å². The van der Waals surface area contributed by atoms with Crippen molar-refractivity contribution in [3.63, 3.8) is 0 Å². The fraction of sp³-hybridized carbons (Fsp3) is 0.118. The van der Waals surface area contributed by atoms with Gasteiger partial charge in [-0.2, -0.15) is 13.2 Å². The standard InChI is InChI=1S/C17H12F3N3O3S/c18-17(19,20)11-5-1-2-6-12(11)21-14(24)9-23-15(25)13(22-16(23)26)8-10-4-3-7-27-10/h1-8H,9H2,(H,21,24)(H,22,26). The maximum absolute atomic E-state index is 13.0. The van der Waals surface area contributed by atoms with Crippen LogP contribution in [-0.2, 0) is 15.8 Å². The van der Waals surface area contributed by atoms with Crippen molar-refractivity contribution < 1.29 is 27.6 Å². The molecule has 0 spiro atoms. The number of thiophene rings is 1. The molecule has 1 aromatic carbocycles. The van der Waals surface area contributed by atoms with E-state index >= 15 is 0 Å². The molecule has 10 heteroatoms. The van der Waals surface area contributed by atoms with Crippen molar-refractivity contribution in [2.75, 3.05) is 11.9 Å². The molecule has 3 rings (SSSR count). The monoisotopic (exact) mass is 395 g/mol. The Hall–Kier alpha value is -3.14. The summed E-state index contributed by atoms with van der Waals surface area (Å²) in [7, 11) is 0. The third kappa shape index (κ3) is 4.17. The molecule has 2 aromatic rings. The summed E-state index contributed by atoms with van der Waals surface area (Å²) in [5, 5.41) is 6.23. The van der Waals surface area contributed by atoms with E-state index in [1.807, 2.05) is 0 Å². The van der Waals surface area contributed by atoms with Gasteiger partial charge in [0, 0.05) is 4.88 Å². The Balaban J connectivity index is 1.72. The lowest BCUT2D eigenvalue weighted by molar-refractivity contribution is -0.137. The summed E-state index contributed by atoms with van der Waals surface area (Å²) in [6.45, 7) is -0.710. The van der Waals surface area contributed by atoms with Crippen LogP contribution in [0.1, 0.15) is 10.4 Å². The number of para-hydroxylation sites is 1. The molecule has 1 saturated heterocycles. The molecule has 140 valence electrons. The highest BCUT2D eigenvalue weighted by atomic mass is 32.1. The van der Waals surface area contributed by atoms with Crippen LogP contribution >= 0.6 is 11.3 Å². The van der Waals surface area contributed by atoms with Gasteiger partial charge in [-0.25, -0.2) is 9.69 Å². The minimum absolute atomic E-state index is 0.00839. The number of carbonyl (C=O) groups excluding carboxylic acids is 3. The summed E-state index contributed by atoms with van der Waals surface area (Å²) in [6.07, 6.45) is -3.19. The highest BCUT2D eigenvalue weighted by molar-refractivity contribution is 7.10. The van der Waals surface area contributed by atoms with Crippen molar-refractivity contribution in [3.8, 4) is 0 Å². The minimum Gasteiger partial charge on any atom is -0.324 e. The van der Waals surface area contributed by atoms with Crippen LogP contribution in [0.5, 0.6) is 0 Å². The van der Waals surface area contributed by atoms with E-state index in [-0.39, 0.29) is 5.70 Å². The van der Waals surface area contributed by atoms with Crippen LogP contribution in [0.2, 0.25) is 0 Å². The molecule has 1 fully saturated rings. The topological polar surface area (TPSA) is 78.5 Å². The summed E-state index contributed by atoms with van der Waals surface area (Å²) < 4.78 is 38.9. The lowest BCUT2D eigenvalue weighted by Gasteiger charge is -2.15. The fourth-order valence-electron chi connectivity index (χ4n) is 2.40. The molecule has 2 heterocycles. The number of imide groups is 1. The second kappa shape index (κ2) is 7.23. The number of halogens is 3. The van der Waals surface area contributed by atoms with Crippen LogP contribution in [0, 0.1) is 0 Å². The van der Waals surface area contributed by atoms with Crippen LogP contribution in [0.3, 0.4) is 0 Å². The van der Waals surface area contributed by atoms with Gasteiger partial charge >= 0.3 is 12.2 Å². The van der Waals surface area contributed by atoms with Gasteiger partial charge in [-0.1, -0.05) is 18.2 Å². The van der Waals surface area contributed by atoms with E-state index in [0.717, 1.165) is 17.0 Å². The largest absolute Gasteiger partial charge is 0.418 e. The molecule has 6 nitrogen and oxygen atoms in total. The Morgan fingerprint density at radius 1 is 1.19 bits per heavy atom. The predicted octanol–water partition coefficient (Wildman–Crippen LogP) is 3.30. The average Bonchev–Trinajstić information content (AvgIpc) is 3.19. The van der Waals surface area contributed by atoms with Gasteiger partial charge in [-0.3, -0.25) is 9.59 Å². The van der Waals surface area contributed by atoms with Gasteiger partial charge in [-0.05, 0) is 29.7 Å². The molecule has 1 aliphatic rings. The number of nitrogens with one attached hydrogen (secondary N) is 2. The molecule has 1 aliphatic heterocycles. The summed E-state index contributed by atoms with van der Waals surface area (Å²) in [4.78, 5) is 37.7. The van der Waals surface area contributed by atoms with Gasteiger partial charge < -0.3 is 10.6 Å². The Kier molecular flexibility index (Phi) is 5.00. The third-order valence-electron chi connectivity index (χ3n) is 3.60. The first-order chi connectivity index (χ1) is 12.8. The zero-order valence-corrected chi connectivity index (χ0v) is 14.4. The summed E-state index contributed by atoms with van der Waals surface area (Å²) in [5.41, 5.74) is -1.48. The molecule has 27 heavy (non-hydrogen) atoms. The van der Waals surface area contributed by atoms with Crippen LogP contribution in [0.4, 0.5) is 23.7 Å². The molecule has 0 radical (unpaired) electrons. The first kappa shape index (κ1) is 18.6. The second-order valence-electron chi connectivity index (χ2n) is 5.49. The number of urea groups is 1. The Bertz CT molecular complexity index is 923. The molecule has 1 aromatic heterocycles. The molecule has 0 saturated carbocycles.